The van der Waals surface area contributed by atoms with E-state index in [4.69, 9.17) is 4.74 Å². The first kappa shape index (κ1) is 15.4. The molecule has 2 N–H and O–H groups in total. The van der Waals surface area contributed by atoms with Gasteiger partial charge in [-0.05, 0) is 49.3 Å². The number of pyridine rings is 1. The monoisotopic (exact) mass is 278 g/mol. The third-order valence-corrected chi connectivity index (χ3v) is 3.95. The van der Waals surface area contributed by atoms with Crippen LogP contribution in [0.1, 0.15) is 38.2 Å². The second kappa shape index (κ2) is 8.35. The topological polar surface area (TPSA) is 54.4 Å². The smallest absolute Gasteiger partial charge is 0.0897 e. The highest BCUT2D eigenvalue weighted by atomic mass is 16.5. The van der Waals surface area contributed by atoms with Gasteiger partial charge in [0.2, 0.25) is 0 Å². The minimum atomic E-state index is -0.434. The molecule has 112 valence electrons. The van der Waals surface area contributed by atoms with Gasteiger partial charge >= 0.3 is 0 Å². The first-order valence-electron chi connectivity index (χ1n) is 7.63. The van der Waals surface area contributed by atoms with E-state index >= 15 is 0 Å². The molecule has 2 rings (SSSR count). The molecule has 0 aliphatic heterocycles. The summed E-state index contributed by atoms with van der Waals surface area (Å²) in [7, 11) is 0. The molecule has 0 bridgehead atoms. The van der Waals surface area contributed by atoms with Gasteiger partial charge in [-0.15, -0.1) is 0 Å². The Balaban J connectivity index is 1.55. The maximum absolute atomic E-state index is 9.91. The normalized spacial score (nSPS) is 24.5. The second-order valence-corrected chi connectivity index (χ2v) is 5.86. The summed E-state index contributed by atoms with van der Waals surface area (Å²) in [6, 6.07) is 3.94. The van der Waals surface area contributed by atoms with Crippen LogP contribution in [0.15, 0.2) is 24.5 Å². The van der Waals surface area contributed by atoms with Crippen LogP contribution in [0, 0.1) is 5.92 Å². The van der Waals surface area contributed by atoms with Crippen LogP contribution in [-0.2, 0) is 11.3 Å². The number of hydrogen-bond donors (Lipinski definition) is 2. The molecule has 1 unspecified atom stereocenters. The Morgan fingerprint density at radius 3 is 2.70 bits per heavy atom. The third kappa shape index (κ3) is 5.57. The van der Waals surface area contributed by atoms with Gasteiger partial charge < -0.3 is 15.2 Å². The van der Waals surface area contributed by atoms with E-state index in [1.165, 1.54) is 18.4 Å². The predicted molar refractivity (Wildman–Crippen MR) is 79.3 cm³/mol. The van der Waals surface area contributed by atoms with Gasteiger partial charge in [0.25, 0.3) is 0 Å². The highest BCUT2D eigenvalue weighted by Crippen LogP contribution is 2.25. The maximum atomic E-state index is 9.91. The summed E-state index contributed by atoms with van der Waals surface area (Å²) in [5.41, 5.74) is 1.18. The van der Waals surface area contributed by atoms with Crippen molar-refractivity contribution in [1.82, 2.24) is 10.3 Å². The predicted octanol–water partition coefficient (Wildman–Crippen LogP) is 2.13. The number of nitrogens with zero attached hydrogens (tertiary/aromatic N) is 1. The van der Waals surface area contributed by atoms with Crippen molar-refractivity contribution in [2.45, 2.75) is 51.4 Å². The average Bonchev–Trinajstić information content (AvgIpc) is 2.48. The molecule has 0 radical (unpaired) electrons. The number of hydrogen-bond acceptors (Lipinski definition) is 4. The van der Waals surface area contributed by atoms with E-state index in [0.29, 0.717) is 19.3 Å². The van der Waals surface area contributed by atoms with Crippen LogP contribution in [0.2, 0.25) is 0 Å². The fourth-order valence-electron chi connectivity index (χ4n) is 2.59. The maximum Gasteiger partial charge on any atom is 0.0897 e. The average molecular weight is 278 g/mol. The standard InChI is InChI=1S/C16H26N2O2/c1-13-2-4-16(5-3-13)20-12-15(19)11-18-10-14-6-8-17-9-7-14/h6-9,13,15-16,18-19H,2-5,10-12H2,1H3. The zero-order valence-electron chi connectivity index (χ0n) is 12.3. The molecular formula is C16H26N2O2. The summed E-state index contributed by atoms with van der Waals surface area (Å²) in [6.07, 6.45) is 8.25. The highest BCUT2D eigenvalue weighted by molar-refractivity contribution is 5.08. The molecule has 4 nitrogen and oxygen atoms in total. The van der Waals surface area contributed by atoms with Gasteiger partial charge in [-0.1, -0.05) is 6.92 Å². The lowest BCUT2D eigenvalue weighted by molar-refractivity contribution is -0.0278. The number of nitrogens with one attached hydrogen (secondary N) is 1. The molecule has 0 aromatic carbocycles. The van der Waals surface area contributed by atoms with E-state index in [9.17, 15) is 5.11 Å². The molecule has 1 fully saturated rings. The summed E-state index contributed by atoms with van der Waals surface area (Å²) in [5.74, 6) is 0.835. The summed E-state index contributed by atoms with van der Waals surface area (Å²) in [4.78, 5) is 3.98. The van der Waals surface area contributed by atoms with Crippen molar-refractivity contribution in [1.29, 1.82) is 0 Å². The van der Waals surface area contributed by atoms with Crippen molar-refractivity contribution in [2.75, 3.05) is 13.2 Å². The second-order valence-electron chi connectivity index (χ2n) is 5.86. The highest BCUT2D eigenvalue weighted by Gasteiger charge is 2.19. The zero-order valence-corrected chi connectivity index (χ0v) is 12.3. The van der Waals surface area contributed by atoms with Crippen LogP contribution >= 0.6 is 0 Å². The molecule has 1 aliphatic carbocycles. The summed E-state index contributed by atoms with van der Waals surface area (Å²) >= 11 is 0. The Morgan fingerprint density at radius 1 is 1.30 bits per heavy atom. The van der Waals surface area contributed by atoms with Gasteiger partial charge in [-0.2, -0.15) is 0 Å². The summed E-state index contributed by atoms with van der Waals surface area (Å²) in [6.45, 7) is 4.04. The number of rotatable bonds is 7. The SMILES string of the molecule is CC1CCC(OCC(O)CNCc2ccncc2)CC1. The molecular weight excluding hydrogens is 252 g/mol. The van der Waals surface area contributed by atoms with Crippen LogP contribution in [0.5, 0.6) is 0 Å². The Labute approximate surface area is 121 Å². The molecule has 0 amide bonds. The van der Waals surface area contributed by atoms with E-state index in [1.54, 1.807) is 12.4 Å². The van der Waals surface area contributed by atoms with Crippen molar-refractivity contribution >= 4 is 0 Å². The van der Waals surface area contributed by atoms with Gasteiger partial charge in [0.15, 0.2) is 0 Å². The molecule has 1 atom stereocenters. The first-order valence-corrected chi connectivity index (χ1v) is 7.63. The van der Waals surface area contributed by atoms with Crippen molar-refractivity contribution < 1.29 is 9.84 Å². The van der Waals surface area contributed by atoms with Crippen molar-refractivity contribution in [3.8, 4) is 0 Å². The molecule has 1 heterocycles. The van der Waals surface area contributed by atoms with Crippen molar-refractivity contribution in [2.24, 2.45) is 5.92 Å². The summed E-state index contributed by atoms with van der Waals surface area (Å²) in [5, 5.41) is 13.1. The van der Waals surface area contributed by atoms with Gasteiger partial charge in [0.05, 0.1) is 18.8 Å². The molecule has 20 heavy (non-hydrogen) atoms. The van der Waals surface area contributed by atoms with Gasteiger partial charge in [0, 0.05) is 25.5 Å². The van der Waals surface area contributed by atoms with Crippen LogP contribution < -0.4 is 5.32 Å². The largest absolute Gasteiger partial charge is 0.389 e. The number of aromatic nitrogens is 1. The van der Waals surface area contributed by atoms with E-state index in [2.05, 4.69) is 17.2 Å². The third-order valence-electron chi connectivity index (χ3n) is 3.95. The molecule has 1 aromatic heterocycles. The van der Waals surface area contributed by atoms with Crippen molar-refractivity contribution in [3.05, 3.63) is 30.1 Å². The van der Waals surface area contributed by atoms with Crippen LogP contribution in [0.3, 0.4) is 0 Å². The van der Waals surface area contributed by atoms with E-state index < -0.39 is 6.10 Å². The Morgan fingerprint density at radius 2 is 2.00 bits per heavy atom. The summed E-state index contributed by atoms with van der Waals surface area (Å²) < 4.78 is 5.80. The fourth-order valence-corrected chi connectivity index (χ4v) is 2.59. The van der Waals surface area contributed by atoms with Crippen LogP contribution in [0.4, 0.5) is 0 Å². The van der Waals surface area contributed by atoms with Gasteiger partial charge in [0.1, 0.15) is 0 Å². The molecule has 0 saturated heterocycles. The van der Waals surface area contributed by atoms with Gasteiger partial charge in [-0.25, -0.2) is 0 Å². The first-order chi connectivity index (χ1) is 9.74. The van der Waals surface area contributed by atoms with E-state index in [1.807, 2.05) is 12.1 Å². The Bertz CT molecular complexity index is 364. The van der Waals surface area contributed by atoms with E-state index in [0.717, 1.165) is 25.3 Å². The van der Waals surface area contributed by atoms with Crippen LogP contribution in [-0.4, -0.2) is 35.5 Å². The number of aliphatic hydroxyl groups excluding tert-OH is 1. The van der Waals surface area contributed by atoms with Crippen molar-refractivity contribution in [3.63, 3.8) is 0 Å². The number of ether oxygens (including phenoxy) is 1. The lowest BCUT2D eigenvalue weighted by Crippen LogP contribution is -2.32. The van der Waals surface area contributed by atoms with E-state index in [-0.39, 0.29) is 0 Å². The minimum Gasteiger partial charge on any atom is -0.389 e. The molecule has 1 saturated carbocycles. The molecule has 4 heteroatoms. The fraction of sp³-hybridized carbons (Fsp3) is 0.688. The zero-order chi connectivity index (χ0) is 14.2. The Kier molecular flexibility index (Phi) is 6.43. The minimum absolute atomic E-state index is 0.348. The molecule has 0 spiro atoms. The Hall–Kier alpha value is -0.970. The lowest BCUT2D eigenvalue weighted by Gasteiger charge is -2.27. The number of aliphatic hydroxyl groups is 1. The quantitative estimate of drug-likeness (QED) is 0.802. The van der Waals surface area contributed by atoms with Gasteiger partial charge in [-0.3, -0.25) is 4.98 Å². The lowest BCUT2D eigenvalue weighted by atomic mass is 9.89. The van der Waals surface area contributed by atoms with Crippen LogP contribution in [0.25, 0.3) is 0 Å². The molecule has 1 aromatic rings. The molecule has 1 aliphatic rings.